The van der Waals surface area contributed by atoms with Crippen LogP contribution in [0.4, 0.5) is 14.5 Å². The maximum atomic E-state index is 13.1. The molecule has 0 aliphatic rings. The number of benzene rings is 1. The molecule has 0 bridgehead atoms. The van der Waals surface area contributed by atoms with E-state index in [0.29, 0.717) is 0 Å². The minimum atomic E-state index is -1.16. The van der Waals surface area contributed by atoms with E-state index in [-0.39, 0.29) is 23.7 Å². The summed E-state index contributed by atoms with van der Waals surface area (Å²) in [4.78, 5) is 25.8. The monoisotopic (exact) mass is 271 g/mol. The molecule has 1 aromatic rings. The third-order valence-electron chi connectivity index (χ3n) is 2.54. The second-order valence-electron chi connectivity index (χ2n) is 4.30. The van der Waals surface area contributed by atoms with Crippen molar-refractivity contribution in [1.29, 1.82) is 0 Å². The number of anilines is 1. The van der Waals surface area contributed by atoms with E-state index in [2.05, 4.69) is 0 Å². The van der Waals surface area contributed by atoms with Crippen LogP contribution in [0.5, 0.6) is 0 Å². The van der Waals surface area contributed by atoms with Gasteiger partial charge in [0.2, 0.25) is 5.91 Å². The number of carbonyl (C=O) groups excluding carboxylic acids is 2. The SMILES string of the molecule is CN(C)C(=O)CN(C)C(=O)c1cc(F)c(F)cc1N. The number of amides is 2. The third-order valence-corrected chi connectivity index (χ3v) is 2.54. The van der Waals surface area contributed by atoms with Crippen LogP contribution in [0.25, 0.3) is 0 Å². The van der Waals surface area contributed by atoms with Gasteiger partial charge in [-0.3, -0.25) is 9.59 Å². The summed E-state index contributed by atoms with van der Waals surface area (Å²) < 4.78 is 26.0. The molecule has 0 aliphatic carbocycles. The predicted molar refractivity (Wildman–Crippen MR) is 66.4 cm³/mol. The third kappa shape index (κ3) is 3.40. The summed E-state index contributed by atoms with van der Waals surface area (Å²) in [7, 11) is 4.48. The Bertz CT molecular complexity index is 518. The van der Waals surface area contributed by atoms with Crippen LogP contribution in [0, 0.1) is 11.6 Å². The summed E-state index contributed by atoms with van der Waals surface area (Å²) in [6, 6.07) is 1.47. The molecule has 0 atom stereocenters. The number of nitrogens with zero attached hydrogens (tertiary/aromatic N) is 2. The second-order valence-corrected chi connectivity index (χ2v) is 4.30. The maximum Gasteiger partial charge on any atom is 0.256 e. The van der Waals surface area contributed by atoms with Gasteiger partial charge >= 0.3 is 0 Å². The van der Waals surface area contributed by atoms with Crippen molar-refractivity contribution in [3.8, 4) is 0 Å². The largest absolute Gasteiger partial charge is 0.398 e. The summed E-state index contributed by atoms with van der Waals surface area (Å²) >= 11 is 0. The predicted octanol–water partition coefficient (Wildman–Crippen LogP) is 0.707. The van der Waals surface area contributed by atoms with Crippen molar-refractivity contribution in [2.24, 2.45) is 0 Å². The standard InChI is InChI=1S/C12H15F2N3O2/c1-16(2)11(18)6-17(3)12(19)7-4-8(13)9(14)5-10(7)15/h4-5H,6,15H2,1-3H3. The Morgan fingerprint density at radius 2 is 1.68 bits per heavy atom. The molecule has 1 rings (SSSR count). The fraction of sp³-hybridized carbons (Fsp3) is 0.333. The molecule has 0 unspecified atom stereocenters. The first-order valence-electron chi connectivity index (χ1n) is 5.44. The van der Waals surface area contributed by atoms with E-state index >= 15 is 0 Å². The van der Waals surface area contributed by atoms with E-state index in [9.17, 15) is 18.4 Å². The summed E-state index contributed by atoms with van der Waals surface area (Å²) in [5.74, 6) is -3.23. The highest BCUT2D eigenvalue weighted by molar-refractivity contribution is 6.00. The van der Waals surface area contributed by atoms with Crippen LogP contribution >= 0.6 is 0 Å². The molecule has 104 valence electrons. The molecule has 2 amide bonds. The number of hydrogen-bond donors (Lipinski definition) is 1. The number of rotatable bonds is 3. The lowest BCUT2D eigenvalue weighted by Crippen LogP contribution is -2.38. The first-order valence-corrected chi connectivity index (χ1v) is 5.44. The van der Waals surface area contributed by atoms with Crippen molar-refractivity contribution in [3.63, 3.8) is 0 Å². The van der Waals surface area contributed by atoms with Crippen molar-refractivity contribution in [1.82, 2.24) is 9.80 Å². The Morgan fingerprint density at radius 1 is 1.16 bits per heavy atom. The van der Waals surface area contributed by atoms with Gasteiger partial charge in [0.05, 0.1) is 12.1 Å². The van der Waals surface area contributed by atoms with Gasteiger partial charge in [-0.15, -0.1) is 0 Å². The van der Waals surface area contributed by atoms with Crippen LogP contribution in [0.15, 0.2) is 12.1 Å². The maximum absolute atomic E-state index is 13.1. The number of nitrogens with two attached hydrogens (primary N) is 1. The van der Waals surface area contributed by atoms with Gasteiger partial charge in [-0.2, -0.15) is 0 Å². The molecule has 19 heavy (non-hydrogen) atoms. The Balaban J connectivity index is 2.94. The van der Waals surface area contributed by atoms with Gasteiger partial charge in [0.25, 0.3) is 5.91 Å². The van der Waals surface area contributed by atoms with Crippen LogP contribution in [0.3, 0.4) is 0 Å². The molecular weight excluding hydrogens is 256 g/mol. The zero-order chi connectivity index (χ0) is 14.7. The smallest absolute Gasteiger partial charge is 0.256 e. The second kappa shape index (κ2) is 5.64. The lowest BCUT2D eigenvalue weighted by molar-refractivity contribution is -0.129. The van der Waals surface area contributed by atoms with E-state index in [1.54, 1.807) is 14.1 Å². The number of halogens is 2. The normalized spacial score (nSPS) is 10.2. The lowest BCUT2D eigenvalue weighted by atomic mass is 10.1. The van der Waals surface area contributed by atoms with Crippen LogP contribution in [-0.4, -0.2) is 49.3 Å². The zero-order valence-electron chi connectivity index (χ0n) is 10.9. The first-order chi connectivity index (χ1) is 8.73. The fourth-order valence-corrected chi connectivity index (χ4v) is 1.37. The van der Waals surface area contributed by atoms with Crippen molar-refractivity contribution in [3.05, 3.63) is 29.3 Å². The minimum absolute atomic E-state index is 0.173. The lowest BCUT2D eigenvalue weighted by Gasteiger charge is -2.20. The average Bonchev–Trinajstić information content (AvgIpc) is 2.32. The Morgan fingerprint density at radius 3 is 2.21 bits per heavy atom. The number of likely N-dealkylation sites (N-methyl/N-ethyl adjacent to an activating group) is 2. The van der Waals surface area contributed by atoms with Crippen LogP contribution in [-0.2, 0) is 4.79 Å². The molecule has 0 fully saturated rings. The molecule has 0 aromatic heterocycles. The number of hydrogen-bond acceptors (Lipinski definition) is 3. The van der Waals surface area contributed by atoms with E-state index in [1.807, 2.05) is 0 Å². The minimum Gasteiger partial charge on any atom is -0.398 e. The number of carbonyl (C=O) groups is 2. The van der Waals surface area contributed by atoms with Crippen molar-refractivity contribution in [2.45, 2.75) is 0 Å². The van der Waals surface area contributed by atoms with Crippen LogP contribution in [0.1, 0.15) is 10.4 Å². The van der Waals surface area contributed by atoms with E-state index in [0.717, 1.165) is 17.0 Å². The molecule has 0 saturated carbocycles. The zero-order valence-corrected chi connectivity index (χ0v) is 10.9. The van der Waals surface area contributed by atoms with Crippen molar-refractivity contribution in [2.75, 3.05) is 33.4 Å². The van der Waals surface area contributed by atoms with E-state index in [4.69, 9.17) is 5.73 Å². The van der Waals surface area contributed by atoms with Crippen LogP contribution in [0.2, 0.25) is 0 Å². The van der Waals surface area contributed by atoms with Gasteiger partial charge in [-0.05, 0) is 6.07 Å². The summed E-state index contributed by atoms with van der Waals surface area (Å²) in [5.41, 5.74) is 5.12. The molecule has 7 heteroatoms. The summed E-state index contributed by atoms with van der Waals surface area (Å²) in [6.07, 6.45) is 0. The molecule has 0 spiro atoms. The Labute approximate surface area is 109 Å². The van der Waals surface area contributed by atoms with Gasteiger partial charge in [-0.1, -0.05) is 0 Å². The quantitative estimate of drug-likeness (QED) is 0.823. The Kier molecular flexibility index (Phi) is 4.42. The molecule has 0 heterocycles. The number of nitrogen functional groups attached to an aromatic ring is 1. The van der Waals surface area contributed by atoms with Crippen molar-refractivity contribution < 1.29 is 18.4 Å². The molecule has 1 aromatic carbocycles. The molecular formula is C12H15F2N3O2. The Hall–Kier alpha value is -2.18. The van der Waals surface area contributed by atoms with Crippen molar-refractivity contribution >= 4 is 17.5 Å². The van der Waals surface area contributed by atoms with Gasteiger partial charge in [0.15, 0.2) is 11.6 Å². The van der Waals surface area contributed by atoms with E-state index in [1.165, 1.54) is 11.9 Å². The fourth-order valence-electron chi connectivity index (χ4n) is 1.37. The van der Waals surface area contributed by atoms with Gasteiger partial charge in [-0.25, -0.2) is 8.78 Å². The topological polar surface area (TPSA) is 66.6 Å². The molecule has 2 N–H and O–H groups in total. The van der Waals surface area contributed by atoms with Gasteiger partial charge in [0, 0.05) is 32.9 Å². The first kappa shape index (κ1) is 14.9. The highest BCUT2D eigenvalue weighted by Crippen LogP contribution is 2.18. The molecule has 0 aliphatic heterocycles. The molecule has 0 radical (unpaired) electrons. The van der Waals surface area contributed by atoms with Crippen LogP contribution < -0.4 is 5.73 Å². The summed E-state index contributed by atoms with van der Waals surface area (Å²) in [6.45, 7) is -0.176. The van der Waals surface area contributed by atoms with Gasteiger partial charge in [0.1, 0.15) is 0 Å². The van der Waals surface area contributed by atoms with E-state index < -0.39 is 17.5 Å². The highest BCUT2D eigenvalue weighted by atomic mass is 19.2. The molecule has 0 saturated heterocycles. The van der Waals surface area contributed by atoms with Gasteiger partial charge < -0.3 is 15.5 Å². The highest BCUT2D eigenvalue weighted by Gasteiger charge is 2.20. The average molecular weight is 271 g/mol. The summed E-state index contributed by atoms with van der Waals surface area (Å²) in [5, 5.41) is 0. The molecule has 5 nitrogen and oxygen atoms in total.